The predicted octanol–water partition coefficient (Wildman–Crippen LogP) is 4.72. The summed E-state index contributed by atoms with van der Waals surface area (Å²) in [7, 11) is 0. The van der Waals surface area contributed by atoms with Crippen molar-refractivity contribution in [3.63, 3.8) is 0 Å². The Bertz CT molecular complexity index is 1300. The second kappa shape index (κ2) is 8.27. The largest absolute Gasteiger partial charge is 0.458 e. The monoisotopic (exact) mass is 416 g/mol. The van der Waals surface area contributed by atoms with Gasteiger partial charge in [-0.2, -0.15) is 10.4 Å². The van der Waals surface area contributed by atoms with E-state index in [2.05, 4.69) is 11.2 Å². The van der Waals surface area contributed by atoms with Gasteiger partial charge in [-0.15, -0.1) is 0 Å². The molecule has 6 nitrogen and oxygen atoms in total. The fourth-order valence-corrected chi connectivity index (χ4v) is 3.54. The van der Waals surface area contributed by atoms with Crippen LogP contribution < -0.4 is 0 Å². The molecular formula is C23H17ClN4O2. The summed E-state index contributed by atoms with van der Waals surface area (Å²) < 4.78 is 8.78. The van der Waals surface area contributed by atoms with Crippen molar-refractivity contribution >= 4 is 29.2 Å². The molecule has 1 aromatic carbocycles. The quantitative estimate of drug-likeness (QED) is 0.348. The molecule has 4 aromatic rings. The van der Waals surface area contributed by atoms with Gasteiger partial charge in [0, 0.05) is 29.6 Å². The molecule has 0 radical (unpaired) electrons. The smallest absolute Gasteiger partial charge is 0.331 e. The molecule has 0 saturated carbocycles. The van der Waals surface area contributed by atoms with Crippen molar-refractivity contribution in [3.8, 4) is 11.8 Å². The Morgan fingerprint density at radius 2 is 2.00 bits per heavy atom. The normalized spacial score (nSPS) is 11.1. The standard InChI is InChI=1S/C23H17ClN4O2/c1-16-19(23(24)28(26-16)18-7-3-2-4-8-18)10-11-22(29)30-15-17-14-27-12-6-5-9-21(27)20(17)13-25/h2-12,14H,15H2,1H3/b11-10+. The first-order chi connectivity index (χ1) is 14.6. The molecule has 4 rings (SSSR count). The van der Waals surface area contributed by atoms with Gasteiger partial charge < -0.3 is 9.14 Å². The minimum atomic E-state index is -0.530. The van der Waals surface area contributed by atoms with Gasteiger partial charge in [-0.05, 0) is 37.3 Å². The number of aromatic nitrogens is 3. The van der Waals surface area contributed by atoms with Crippen molar-refractivity contribution in [1.82, 2.24) is 14.2 Å². The van der Waals surface area contributed by atoms with E-state index in [1.165, 1.54) is 6.08 Å². The van der Waals surface area contributed by atoms with Crippen LogP contribution in [0.2, 0.25) is 5.15 Å². The highest BCUT2D eigenvalue weighted by atomic mass is 35.5. The minimum absolute atomic E-state index is 0.00371. The fourth-order valence-electron chi connectivity index (χ4n) is 3.21. The molecule has 148 valence electrons. The molecule has 0 aliphatic heterocycles. The number of nitriles is 1. The van der Waals surface area contributed by atoms with Gasteiger partial charge >= 0.3 is 5.97 Å². The summed E-state index contributed by atoms with van der Waals surface area (Å²) in [6.45, 7) is 1.83. The van der Waals surface area contributed by atoms with Crippen LogP contribution >= 0.6 is 11.6 Å². The van der Waals surface area contributed by atoms with Crippen molar-refractivity contribution in [1.29, 1.82) is 5.26 Å². The highest BCUT2D eigenvalue weighted by Gasteiger charge is 2.14. The highest BCUT2D eigenvalue weighted by molar-refractivity contribution is 6.31. The Morgan fingerprint density at radius 1 is 1.23 bits per heavy atom. The van der Waals surface area contributed by atoms with E-state index in [-0.39, 0.29) is 6.61 Å². The number of hydrogen-bond donors (Lipinski definition) is 0. The summed E-state index contributed by atoms with van der Waals surface area (Å²) in [5, 5.41) is 14.3. The number of ether oxygens (including phenoxy) is 1. The summed E-state index contributed by atoms with van der Waals surface area (Å²) in [6.07, 6.45) is 6.54. The van der Waals surface area contributed by atoms with E-state index in [4.69, 9.17) is 16.3 Å². The summed E-state index contributed by atoms with van der Waals surface area (Å²) in [5.41, 5.74) is 4.09. The van der Waals surface area contributed by atoms with Crippen LogP contribution in [-0.4, -0.2) is 20.2 Å². The molecule has 3 aromatic heterocycles. The van der Waals surface area contributed by atoms with E-state index < -0.39 is 5.97 Å². The topological polar surface area (TPSA) is 72.3 Å². The molecule has 0 bridgehead atoms. The van der Waals surface area contributed by atoms with Crippen molar-refractivity contribution in [2.24, 2.45) is 0 Å². The molecule has 30 heavy (non-hydrogen) atoms. The second-order valence-electron chi connectivity index (χ2n) is 6.61. The first kappa shape index (κ1) is 19.5. The van der Waals surface area contributed by atoms with Gasteiger partial charge in [0.15, 0.2) is 0 Å². The van der Waals surface area contributed by atoms with Crippen LogP contribution in [-0.2, 0) is 16.1 Å². The van der Waals surface area contributed by atoms with Crippen molar-refractivity contribution in [2.45, 2.75) is 13.5 Å². The Hall–Kier alpha value is -3.82. The second-order valence-corrected chi connectivity index (χ2v) is 6.97. The van der Waals surface area contributed by atoms with Gasteiger partial charge in [-0.3, -0.25) is 0 Å². The number of hydrogen-bond acceptors (Lipinski definition) is 4. The minimum Gasteiger partial charge on any atom is -0.458 e. The number of esters is 1. The third kappa shape index (κ3) is 3.71. The zero-order valence-corrected chi connectivity index (χ0v) is 16.9. The molecule has 0 saturated heterocycles. The number of carbonyl (C=O) groups excluding carboxylic acids is 1. The van der Waals surface area contributed by atoms with Crippen LogP contribution in [0.25, 0.3) is 17.3 Å². The maximum Gasteiger partial charge on any atom is 0.331 e. The first-order valence-electron chi connectivity index (χ1n) is 9.22. The molecule has 0 unspecified atom stereocenters. The zero-order valence-electron chi connectivity index (χ0n) is 16.1. The number of halogens is 1. The molecule has 0 aliphatic carbocycles. The van der Waals surface area contributed by atoms with Crippen LogP contribution in [0.3, 0.4) is 0 Å². The van der Waals surface area contributed by atoms with E-state index >= 15 is 0 Å². The molecule has 0 fully saturated rings. The molecule has 0 amide bonds. The molecule has 0 aliphatic rings. The molecule has 7 heteroatoms. The molecule has 3 heterocycles. The van der Waals surface area contributed by atoms with Gasteiger partial charge in [0.2, 0.25) is 0 Å². The summed E-state index contributed by atoms with van der Waals surface area (Å²) >= 11 is 6.46. The number of benzene rings is 1. The van der Waals surface area contributed by atoms with E-state index in [0.717, 1.165) is 11.2 Å². The number of carbonyl (C=O) groups is 1. The molecular weight excluding hydrogens is 400 g/mol. The summed E-state index contributed by atoms with van der Waals surface area (Å²) in [5.74, 6) is -0.530. The van der Waals surface area contributed by atoms with Crippen LogP contribution in [0.1, 0.15) is 22.4 Å². The van der Waals surface area contributed by atoms with Crippen LogP contribution in [0.4, 0.5) is 0 Å². The van der Waals surface area contributed by atoms with Gasteiger partial charge in [-0.25, -0.2) is 9.48 Å². The van der Waals surface area contributed by atoms with Gasteiger partial charge in [0.05, 0.1) is 22.5 Å². The molecule has 0 spiro atoms. The zero-order chi connectivity index (χ0) is 21.1. The number of fused-ring (bicyclic) bond motifs is 1. The number of para-hydroxylation sites is 1. The Kier molecular flexibility index (Phi) is 5.38. The fraction of sp³-hybridized carbons (Fsp3) is 0.0870. The van der Waals surface area contributed by atoms with Crippen LogP contribution in [0.15, 0.2) is 67.0 Å². The number of rotatable bonds is 5. The maximum atomic E-state index is 12.2. The number of nitrogens with zero attached hydrogens (tertiary/aromatic N) is 4. The van der Waals surface area contributed by atoms with Gasteiger partial charge in [-0.1, -0.05) is 35.9 Å². The molecule has 0 atom stereocenters. The Labute approximate surface area is 178 Å². The lowest BCUT2D eigenvalue weighted by Crippen LogP contribution is -2.01. The van der Waals surface area contributed by atoms with E-state index in [0.29, 0.717) is 27.5 Å². The van der Waals surface area contributed by atoms with E-state index in [9.17, 15) is 10.1 Å². The van der Waals surface area contributed by atoms with Crippen LogP contribution in [0, 0.1) is 18.3 Å². The number of aryl methyl sites for hydroxylation is 1. The van der Waals surface area contributed by atoms with Crippen molar-refractivity contribution < 1.29 is 9.53 Å². The molecule has 0 N–H and O–H groups in total. The Morgan fingerprint density at radius 3 is 2.77 bits per heavy atom. The maximum absolute atomic E-state index is 12.2. The SMILES string of the molecule is Cc1nn(-c2ccccc2)c(Cl)c1/C=C/C(=O)OCc1cn2ccccc2c1C#N. The third-order valence-corrected chi connectivity index (χ3v) is 5.04. The first-order valence-corrected chi connectivity index (χ1v) is 9.60. The van der Waals surface area contributed by atoms with Gasteiger partial charge in [0.1, 0.15) is 17.8 Å². The van der Waals surface area contributed by atoms with Crippen LogP contribution in [0.5, 0.6) is 0 Å². The summed E-state index contributed by atoms with van der Waals surface area (Å²) in [4.78, 5) is 12.2. The predicted molar refractivity (Wildman–Crippen MR) is 114 cm³/mol. The van der Waals surface area contributed by atoms with E-state index in [1.54, 1.807) is 17.0 Å². The lowest BCUT2D eigenvalue weighted by atomic mass is 10.2. The lowest BCUT2D eigenvalue weighted by Gasteiger charge is -2.02. The average Bonchev–Trinajstić information content (AvgIpc) is 3.27. The average molecular weight is 417 g/mol. The summed E-state index contributed by atoms with van der Waals surface area (Å²) in [6, 6.07) is 17.3. The van der Waals surface area contributed by atoms with Crippen molar-refractivity contribution in [3.05, 3.63) is 94.5 Å². The number of pyridine rings is 1. The third-order valence-electron chi connectivity index (χ3n) is 4.68. The van der Waals surface area contributed by atoms with Gasteiger partial charge in [0.25, 0.3) is 0 Å². The van der Waals surface area contributed by atoms with Crippen molar-refractivity contribution in [2.75, 3.05) is 0 Å². The van der Waals surface area contributed by atoms with E-state index in [1.807, 2.05) is 66.1 Å². The lowest BCUT2D eigenvalue weighted by molar-refractivity contribution is -0.138. The Balaban J connectivity index is 1.49. The highest BCUT2D eigenvalue weighted by Crippen LogP contribution is 2.25.